The average molecular weight is 368 g/mol. The zero-order chi connectivity index (χ0) is 19.6. The Morgan fingerprint density at radius 3 is 2.41 bits per heavy atom. The van der Waals surface area contributed by atoms with E-state index in [4.69, 9.17) is 0 Å². The molecular formula is C21H28N4O2. The number of anilines is 1. The highest BCUT2D eigenvalue weighted by Crippen LogP contribution is 2.25. The molecule has 0 saturated carbocycles. The van der Waals surface area contributed by atoms with Gasteiger partial charge in [0.1, 0.15) is 5.82 Å². The van der Waals surface area contributed by atoms with Gasteiger partial charge in [-0.2, -0.15) is 5.10 Å². The van der Waals surface area contributed by atoms with Crippen LogP contribution >= 0.6 is 0 Å². The zero-order valence-electron chi connectivity index (χ0n) is 16.5. The van der Waals surface area contributed by atoms with E-state index >= 15 is 0 Å². The number of piperidine rings is 1. The van der Waals surface area contributed by atoms with Gasteiger partial charge < -0.3 is 10.2 Å². The fraction of sp³-hybridized carbons (Fsp3) is 0.476. The Kier molecular flexibility index (Phi) is 5.35. The van der Waals surface area contributed by atoms with Crippen LogP contribution in [-0.2, 0) is 9.59 Å². The second-order valence-corrected chi connectivity index (χ2v) is 8.22. The molecule has 1 fully saturated rings. The normalized spacial score (nSPS) is 15.6. The van der Waals surface area contributed by atoms with Crippen molar-refractivity contribution in [2.75, 3.05) is 18.4 Å². The van der Waals surface area contributed by atoms with Crippen molar-refractivity contribution in [1.82, 2.24) is 14.7 Å². The van der Waals surface area contributed by atoms with Crippen LogP contribution in [0.3, 0.4) is 0 Å². The monoisotopic (exact) mass is 368 g/mol. The summed E-state index contributed by atoms with van der Waals surface area (Å²) in [7, 11) is 0. The standard InChI is InChI=1S/C21H28N4O2/c1-15-7-5-6-8-17(15)25-18(9-12-22-25)23-19(26)16-10-13-24(14-11-16)20(27)21(2,3)4/h5-9,12,16H,10-11,13-14H2,1-4H3,(H,23,26). The summed E-state index contributed by atoms with van der Waals surface area (Å²) in [5, 5.41) is 7.38. The van der Waals surface area contributed by atoms with Crippen LogP contribution in [0.2, 0.25) is 0 Å². The van der Waals surface area contributed by atoms with Gasteiger partial charge in [-0.05, 0) is 31.4 Å². The average Bonchev–Trinajstić information content (AvgIpc) is 3.08. The Morgan fingerprint density at radius 2 is 1.78 bits per heavy atom. The van der Waals surface area contributed by atoms with Crippen LogP contribution in [0.5, 0.6) is 0 Å². The Hall–Kier alpha value is -2.63. The molecule has 1 aromatic heterocycles. The minimum Gasteiger partial charge on any atom is -0.342 e. The van der Waals surface area contributed by atoms with Gasteiger partial charge >= 0.3 is 0 Å². The lowest BCUT2D eigenvalue weighted by Crippen LogP contribution is -2.45. The zero-order valence-corrected chi connectivity index (χ0v) is 16.5. The molecule has 1 aromatic carbocycles. The number of aromatic nitrogens is 2. The van der Waals surface area contributed by atoms with Gasteiger partial charge in [0.05, 0.1) is 11.9 Å². The second kappa shape index (κ2) is 7.55. The molecule has 2 heterocycles. The van der Waals surface area contributed by atoms with Crippen LogP contribution in [0.1, 0.15) is 39.2 Å². The summed E-state index contributed by atoms with van der Waals surface area (Å²) >= 11 is 0. The minimum atomic E-state index is -0.380. The van der Waals surface area contributed by atoms with Crippen LogP contribution in [0, 0.1) is 18.3 Å². The van der Waals surface area contributed by atoms with Crippen molar-refractivity contribution in [2.45, 2.75) is 40.5 Å². The maximum atomic E-state index is 12.8. The van der Waals surface area contributed by atoms with Crippen molar-refractivity contribution < 1.29 is 9.59 Å². The molecule has 2 aromatic rings. The molecule has 0 bridgehead atoms. The first-order valence-corrected chi connectivity index (χ1v) is 9.47. The Morgan fingerprint density at radius 1 is 1.11 bits per heavy atom. The topological polar surface area (TPSA) is 67.2 Å². The molecule has 2 amide bonds. The van der Waals surface area contributed by atoms with Crippen molar-refractivity contribution in [3.8, 4) is 5.69 Å². The van der Waals surface area contributed by atoms with Gasteiger partial charge in [0.15, 0.2) is 0 Å². The molecular weight excluding hydrogens is 340 g/mol. The third-order valence-corrected chi connectivity index (χ3v) is 5.03. The van der Waals surface area contributed by atoms with Gasteiger partial charge in [0, 0.05) is 30.5 Å². The summed E-state index contributed by atoms with van der Waals surface area (Å²) in [6.45, 7) is 9.07. The molecule has 0 unspecified atom stereocenters. The number of rotatable bonds is 3. The molecule has 144 valence electrons. The van der Waals surface area contributed by atoms with E-state index in [0.717, 1.165) is 11.3 Å². The highest BCUT2D eigenvalue weighted by Gasteiger charge is 2.32. The first kappa shape index (κ1) is 19.1. The van der Waals surface area contributed by atoms with Crippen molar-refractivity contribution in [2.24, 2.45) is 11.3 Å². The highest BCUT2D eigenvalue weighted by atomic mass is 16.2. The first-order chi connectivity index (χ1) is 12.8. The van der Waals surface area contributed by atoms with Crippen molar-refractivity contribution >= 4 is 17.6 Å². The fourth-order valence-electron chi connectivity index (χ4n) is 3.44. The predicted molar refractivity (Wildman–Crippen MR) is 106 cm³/mol. The van der Waals surface area contributed by atoms with Gasteiger partial charge in [-0.15, -0.1) is 0 Å². The van der Waals surface area contributed by atoms with Crippen molar-refractivity contribution in [1.29, 1.82) is 0 Å². The molecule has 6 nitrogen and oxygen atoms in total. The number of likely N-dealkylation sites (tertiary alicyclic amines) is 1. The summed E-state index contributed by atoms with van der Waals surface area (Å²) in [4.78, 5) is 27.0. The lowest BCUT2D eigenvalue weighted by Gasteiger charge is -2.35. The highest BCUT2D eigenvalue weighted by molar-refractivity contribution is 5.92. The minimum absolute atomic E-state index is 0.00630. The predicted octanol–water partition coefficient (Wildman–Crippen LogP) is 3.40. The number of benzene rings is 1. The van der Waals surface area contributed by atoms with Gasteiger partial charge in [-0.3, -0.25) is 9.59 Å². The van der Waals surface area contributed by atoms with Crippen LogP contribution < -0.4 is 5.32 Å². The van der Waals surface area contributed by atoms with E-state index in [1.165, 1.54) is 0 Å². The molecule has 0 atom stereocenters. The largest absolute Gasteiger partial charge is 0.342 e. The number of hydrogen-bond acceptors (Lipinski definition) is 3. The van der Waals surface area contributed by atoms with E-state index in [2.05, 4.69) is 10.4 Å². The lowest BCUT2D eigenvalue weighted by atomic mass is 9.90. The van der Waals surface area contributed by atoms with Crippen LogP contribution in [0.15, 0.2) is 36.5 Å². The number of amides is 2. The maximum Gasteiger partial charge on any atom is 0.228 e. The third-order valence-electron chi connectivity index (χ3n) is 5.03. The summed E-state index contributed by atoms with van der Waals surface area (Å²) in [5.74, 6) is 0.726. The summed E-state index contributed by atoms with van der Waals surface area (Å²) < 4.78 is 1.76. The molecule has 3 rings (SSSR count). The molecule has 1 aliphatic rings. The number of nitrogens with one attached hydrogen (secondary N) is 1. The lowest BCUT2D eigenvalue weighted by molar-refractivity contribution is -0.142. The summed E-state index contributed by atoms with van der Waals surface area (Å²) in [6.07, 6.45) is 3.06. The second-order valence-electron chi connectivity index (χ2n) is 8.22. The Labute approximate surface area is 160 Å². The first-order valence-electron chi connectivity index (χ1n) is 9.47. The smallest absolute Gasteiger partial charge is 0.228 e. The quantitative estimate of drug-likeness (QED) is 0.903. The van der Waals surface area contributed by atoms with E-state index in [1.807, 2.05) is 62.9 Å². The molecule has 1 saturated heterocycles. The van der Waals surface area contributed by atoms with Crippen molar-refractivity contribution in [3.63, 3.8) is 0 Å². The molecule has 27 heavy (non-hydrogen) atoms. The maximum absolute atomic E-state index is 12.8. The van der Waals surface area contributed by atoms with Crippen LogP contribution in [0.4, 0.5) is 5.82 Å². The summed E-state index contributed by atoms with van der Waals surface area (Å²) in [6, 6.07) is 9.74. The molecule has 1 aliphatic heterocycles. The number of hydrogen-bond donors (Lipinski definition) is 1. The molecule has 0 spiro atoms. The molecule has 1 N–H and O–H groups in total. The van der Waals surface area contributed by atoms with E-state index in [9.17, 15) is 9.59 Å². The number of carbonyl (C=O) groups is 2. The molecule has 6 heteroatoms. The van der Waals surface area contributed by atoms with E-state index in [1.54, 1.807) is 10.9 Å². The van der Waals surface area contributed by atoms with E-state index in [-0.39, 0.29) is 23.1 Å². The van der Waals surface area contributed by atoms with Crippen molar-refractivity contribution in [3.05, 3.63) is 42.1 Å². The van der Waals surface area contributed by atoms with Gasteiger partial charge in [-0.1, -0.05) is 39.0 Å². The third kappa shape index (κ3) is 4.21. The number of nitrogens with zero attached hydrogens (tertiary/aromatic N) is 3. The Balaban J connectivity index is 1.64. The fourth-order valence-corrected chi connectivity index (χ4v) is 3.44. The molecule has 0 radical (unpaired) electrons. The summed E-state index contributed by atoms with van der Waals surface area (Å²) in [5.41, 5.74) is 1.66. The Bertz CT molecular complexity index is 827. The molecule has 0 aliphatic carbocycles. The number of carbonyl (C=O) groups excluding carboxylic acids is 2. The van der Waals surface area contributed by atoms with Crippen LogP contribution in [0.25, 0.3) is 5.69 Å². The number of para-hydroxylation sites is 1. The van der Waals surface area contributed by atoms with Crippen LogP contribution in [-0.4, -0.2) is 39.6 Å². The van der Waals surface area contributed by atoms with Gasteiger partial charge in [0.25, 0.3) is 0 Å². The van der Waals surface area contributed by atoms with E-state index < -0.39 is 0 Å². The number of aryl methyl sites for hydroxylation is 1. The van der Waals surface area contributed by atoms with Gasteiger partial charge in [-0.25, -0.2) is 4.68 Å². The van der Waals surface area contributed by atoms with E-state index in [0.29, 0.717) is 31.7 Å². The SMILES string of the molecule is Cc1ccccc1-n1nccc1NC(=O)C1CCN(C(=O)C(C)(C)C)CC1. The van der Waals surface area contributed by atoms with Gasteiger partial charge in [0.2, 0.25) is 11.8 Å².